The van der Waals surface area contributed by atoms with Crippen molar-refractivity contribution in [2.24, 2.45) is 0 Å². The maximum atomic E-state index is 12.1. The predicted octanol–water partition coefficient (Wildman–Crippen LogP) is 1.76. The Bertz CT molecular complexity index is 548. The SMILES string of the molecule is CC1(C)OC[C@H](CCON2C(=O)c3ccccc3C2=O)O1. The predicted molar refractivity (Wildman–Crippen MR) is 72.4 cm³/mol. The summed E-state index contributed by atoms with van der Waals surface area (Å²) < 4.78 is 11.1. The summed E-state index contributed by atoms with van der Waals surface area (Å²) in [6.45, 7) is 4.39. The van der Waals surface area contributed by atoms with E-state index in [1.54, 1.807) is 24.3 Å². The van der Waals surface area contributed by atoms with E-state index < -0.39 is 17.6 Å². The second-order valence-corrected chi connectivity index (χ2v) is 5.52. The Labute approximate surface area is 122 Å². The van der Waals surface area contributed by atoms with E-state index in [1.807, 2.05) is 13.8 Å². The molecule has 2 aliphatic heterocycles. The molecule has 3 rings (SSSR count). The third-order valence-electron chi connectivity index (χ3n) is 3.48. The number of hydrogen-bond donors (Lipinski definition) is 0. The highest BCUT2D eigenvalue weighted by Gasteiger charge is 2.37. The maximum Gasteiger partial charge on any atom is 0.285 e. The number of rotatable bonds is 4. The molecule has 0 unspecified atom stereocenters. The van der Waals surface area contributed by atoms with Gasteiger partial charge in [-0.3, -0.25) is 14.4 Å². The molecule has 2 aliphatic rings. The van der Waals surface area contributed by atoms with Crippen molar-refractivity contribution < 1.29 is 23.9 Å². The first kappa shape index (κ1) is 14.2. The molecule has 0 spiro atoms. The smallest absolute Gasteiger partial charge is 0.285 e. The van der Waals surface area contributed by atoms with Crippen LogP contribution in [0.25, 0.3) is 0 Å². The van der Waals surface area contributed by atoms with Gasteiger partial charge in [0.2, 0.25) is 0 Å². The molecule has 112 valence electrons. The molecule has 6 nitrogen and oxygen atoms in total. The van der Waals surface area contributed by atoms with Crippen LogP contribution >= 0.6 is 0 Å². The van der Waals surface area contributed by atoms with E-state index >= 15 is 0 Å². The van der Waals surface area contributed by atoms with Crippen LogP contribution in [0.3, 0.4) is 0 Å². The van der Waals surface area contributed by atoms with Gasteiger partial charge in [-0.1, -0.05) is 12.1 Å². The zero-order valence-corrected chi connectivity index (χ0v) is 12.0. The van der Waals surface area contributed by atoms with Crippen LogP contribution in [0.2, 0.25) is 0 Å². The largest absolute Gasteiger partial charge is 0.348 e. The number of imide groups is 1. The zero-order chi connectivity index (χ0) is 15.0. The first-order valence-corrected chi connectivity index (χ1v) is 6.90. The molecule has 0 bridgehead atoms. The van der Waals surface area contributed by atoms with Crippen LogP contribution < -0.4 is 0 Å². The standard InChI is InChI=1S/C15H17NO5/c1-15(2)19-9-10(21-15)7-8-20-16-13(17)11-5-3-4-6-12(11)14(16)18/h3-6,10H,7-9H2,1-2H3/t10-/m0/s1. The second kappa shape index (κ2) is 5.22. The van der Waals surface area contributed by atoms with Crippen molar-refractivity contribution in [3.63, 3.8) is 0 Å². The summed E-state index contributed by atoms with van der Waals surface area (Å²) in [5.41, 5.74) is 0.758. The van der Waals surface area contributed by atoms with Crippen LogP contribution in [0.4, 0.5) is 0 Å². The third kappa shape index (κ3) is 2.70. The first-order chi connectivity index (χ1) is 9.98. The lowest BCUT2D eigenvalue weighted by Gasteiger charge is -2.18. The van der Waals surface area contributed by atoms with Gasteiger partial charge in [0.1, 0.15) is 0 Å². The van der Waals surface area contributed by atoms with E-state index in [1.165, 1.54) is 0 Å². The van der Waals surface area contributed by atoms with Gasteiger partial charge >= 0.3 is 0 Å². The number of hydroxylamine groups is 2. The Morgan fingerprint density at radius 3 is 2.38 bits per heavy atom. The molecular formula is C15H17NO5. The van der Waals surface area contributed by atoms with Gasteiger partial charge in [-0.2, -0.15) is 0 Å². The minimum absolute atomic E-state index is 0.0878. The van der Waals surface area contributed by atoms with Gasteiger partial charge in [0.25, 0.3) is 11.8 Å². The Morgan fingerprint density at radius 2 is 1.86 bits per heavy atom. The molecule has 21 heavy (non-hydrogen) atoms. The molecule has 1 saturated heterocycles. The average molecular weight is 291 g/mol. The fraction of sp³-hybridized carbons (Fsp3) is 0.467. The minimum Gasteiger partial charge on any atom is -0.348 e. The first-order valence-electron chi connectivity index (χ1n) is 6.90. The molecule has 0 saturated carbocycles. The maximum absolute atomic E-state index is 12.1. The van der Waals surface area contributed by atoms with Crippen molar-refractivity contribution in [2.45, 2.75) is 32.2 Å². The zero-order valence-electron chi connectivity index (χ0n) is 12.0. The second-order valence-electron chi connectivity index (χ2n) is 5.52. The number of fused-ring (bicyclic) bond motifs is 1. The number of ether oxygens (including phenoxy) is 2. The molecule has 2 amide bonds. The fourth-order valence-corrected chi connectivity index (χ4v) is 2.47. The lowest BCUT2D eigenvalue weighted by atomic mass is 10.1. The van der Waals surface area contributed by atoms with Crippen LogP contribution in [0.1, 0.15) is 41.0 Å². The number of amides is 2. The van der Waals surface area contributed by atoms with Gasteiger partial charge in [-0.15, -0.1) is 5.06 Å². The Hall–Kier alpha value is -1.76. The van der Waals surface area contributed by atoms with Gasteiger partial charge in [-0.25, -0.2) is 0 Å². The number of nitrogens with zero attached hydrogens (tertiary/aromatic N) is 1. The van der Waals surface area contributed by atoms with Crippen LogP contribution in [0.15, 0.2) is 24.3 Å². The van der Waals surface area contributed by atoms with Gasteiger partial charge in [-0.05, 0) is 26.0 Å². The molecule has 0 N–H and O–H groups in total. The number of hydrogen-bond acceptors (Lipinski definition) is 5. The van der Waals surface area contributed by atoms with Crippen LogP contribution in [-0.4, -0.2) is 42.0 Å². The van der Waals surface area contributed by atoms with Crippen LogP contribution in [0, 0.1) is 0 Å². The molecule has 1 fully saturated rings. The molecule has 1 aromatic carbocycles. The van der Waals surface area contributed by atoms with Crippen molar-refractivity contribution in [3.05, 3.63) is 35.4 Å². The van der Waals surface area contributed by atoms with E-state index in [9.17, 15) is 9.59 Å². The van der Waals surface area contributed by atoms with Crippen molar-refractivity contribution in [1.29, 1.82) is 0 Å². The van der Waals surface area contributed by atoms with Crippen molar-refractivity contribution in [2.75, 3.05) is 13.2 Å². The minimum atomic E-state index is -0.583. The summed E-state index contributed by atoms with van der Waals surface area (Å²) in [6.07, 6.45) is 0.465. The highest BCUT2D eigenvalue weighted by Crippen LogP contribution is 2.25. The van der Waals surface area contributed by atoms with Crippen molar-refractivity contribution in [3.8, 4) is 0 Å². The van der Waals surface area contributed by atoms with E-state index in [0.29, 0.717) is 24.2 Å². The molecule has 0 aromatic heterocycles. The lowest BCUT2D eigenvalue weighted by Crippen LogP contribution is -2.31. The molecule has 0 aliphatic carbocycles. The lowest BCUT2D eigenvalue weighted by molar-refractivity contribution is -0.145. The molecule has 6 heteroatoms. The average Bonchev–Trinajstić information content (AvgIpc) is 2.92. The molecule has 1 aromatic rings. The van der Waals surface area contributed by atoms with Crippen LogP contribution in [-0.2, 0) is 14.3 Å². The Morgan fingerprint density at radius 1 is 1.24 bits per heavy atom. The van der Waals surface area contributed by atoms with E-state index in [4.69, 9.17) is 14.3 Å². The number of carbonyl (C=O) groups excluding carboxylic acids is 2. The van der Waals surface area contributed by atoms with E-state index in [0.717, 1.165) is 5.06 Å². The van der Waals surface area contributed by atoms with Crippen molar-refractivity contribution >= 4 is 11.8 Å². The summed E-state index contributed by atoms with van der Waals surface area (Å²) in [6, 6.07) is 6.68. The molecule has 0 radical (unpaired) electrons. The summed E-state index contributed by atoms with van der Waals surface area (Å²) in [5.74, 6) is -1.42. The summed E-state index contributed by atoms with van der Waals surface area (Å²) in [5, 5.41) is 0.825. The number of benzene rings is 1. The van der Waals surface area contributed by atoms with Gasteiger partial charge in [0.15, 0.2) is 5.79 Å². The highest BCUT2D eigenvalue weighted by molar-refractivity contribution is 6.20. The Balaban J connectivity index is 1.56. The van der Waals surface area contributed by atoms with Crippen molar-refractivity contribution in [1.82, 2.24) is 5.06 Å². The molecular weight excluding hydrogens is 274 g/mol. The monoisotopic (exact) mass is 291 g/mol. The van der Waals surface area contributed by atoms with Gasteiger partial charge in [0.05, 0.1) is 30.4 Å². The quantitative estimate of drug-likeness (QED) is 0.791. The Kier molecular flexibility index (Phi) is 3.52. The normalized spacial score (nSPS) is 23.7. The molecule has 2 heterocycles. The highest BCUT2D eigenvalue weighted by atomic mass is 16.7. The molecule has 1 atom stereocenters. The van der Waals surface area contributed by atoms with Gasteiger partial charge in [0, 0.05) is 6.42 Å². The van der Waals surface area contributed by atoms with Crippen LogP contribution in [0.5, 0.6) is 0 Å². The summed E-state index contributed by atoms with van der Waals surface area (Å²) >= 11 is 0. The number of carbonyl (C=O) groups is 2. The fourth-order valence-electron chi connectivity index (χ4n) is 2.47. The van der Waals surface area contributed by atoms with Gasteiger partial charge < -0.3 is 9.47 Å². The van der Waals surface area contributed by atoms with E-state index in [2.05, 4.69) is 0 Å². The van der Waals surface area contributed by atoms with E-state index in [-0.39, 0.29) is 12.7 Å². The topological polar surface area (TPSA) is 65.1 Å². The summed E-state index contributed by atoms with van der Waals surface area (Å²) in [7, 11) is 0. The summed E-state index contributed by atoms with van der Waals surface area (Å²) in [4.78, 5) is 29.5. The third-order valence-corrected chi connectivity index (χ3v) is 3.48.